The lowest BCUT2D eigenvalue weighted by atomic mass is 9.48. The van der Waals surface area contributed by atoms with Crippen molar-refractivity contribution in [1.82, 2.24) is 0 Å². The van der Waals surface area contributed by atoms with Gasteiger partial charge in [-0.3, -0.25) is 4.79 Å². The SMILES string of the molecule is C=CC[C@]1(CO)C[C@H](O)[C@@H]2[C@@H](CC=C3CC4(CC[C@]32C)OCCO4)C1=O. The molecule has 3 fully saturated rings. The van der Waals surface area contributed by atoms with Gasteiger partial charge < -0.3 is 19.7 Å². The Kier molecular flexibility index (Phi) is 4.42. The fourth-order valence-electron chi connectivity index (χ4n) is 6.13. The van der Waals surface area contributed by atoms with Gasteiger partial charge >= 0.3 is 0 Å². The molecular formula is C21H30O5. The van der Waals surface area contributed by atoms with Crippen molar-refractivity contribution < 1.29 is 24.5 Å². The van der Waals surface area contributed by atoms with Crippen molar-refractivity contribution in [3.05, 3.63) is 24.3 Å². The van der Waals surface area contributed by atoms with Crippen LogP contribution >= 0.6 is 0 Å². The average Bonchev–Trinajstić information content (AvgIpc) is 3.07. The molecule has 5 heteroatoms. The number of Topliss-reactive ketones (excluding diaryl/α,β-unsaturated/α-hetero) is 1. The highest BCUT2D eigenvalue weighted by molar-refractivity contribution is 5.89. The van der Waals surface area contributed by atoms with Crippen LogP contribution in [0.15, 0.2) is 24.3 Å². The Hall–Kier alpha value is -1.01. The van der Waals surface area contributed by atoms with E-state index in [9.17, 15) is 15.0 Å². The standard InChI is InChI=1S/C21H30O5/c1-3-6-20(13-22)12-16(23)17-15(18(20)24)5-4-14-11-21(25-9-10-26-21)8-7-19(14,17)2/h3-4,15-17,22-23H,1,5-13H2,2H3/t15-,16+,17+,19-,20-/m1/s1. The molecule has 0 aromatic heterocycles. The van der Waals surface area contributed by atoms with Gasteiger partial charge in [0.2, 0.25) is 0 Å². The summed E-state index contributed by atoms with van der Waals surface area (Å²) in [6.45, 7) is 6.98. The van der Waals surface area contributed by atoms with Crippen LogP contribution in [0, 0.1) is 22.7 Å². The molecular weight excluding hydrogens is 332 g/mol. The zero-order valence-electron chi connectivity index (χ0n) is 15.6. The molecule has 3 aliphatic carbocycles. The van der Waals surface area contributed by atoms with Crippen molar-refractivity contribution in [3.8, 4) is 0 Å². The molecule has 2 saturated carbocycles. The summed E-state index contributed by atoms with van der Waals surface area (Å²) in [6, 6.07) is 0. The lowest BCUT2D eigenvalue weighted by molar-refractivity contribution is -0.191. The Labute approximate surface area is 155 Å². The van der Waals surface area contributed by atoms with E-state index in [-0.39, 0.29) is 29.6 Å². The van der Waals surface area contributed by atoms with Crippen molar-refractivity contribution in [2.45, 2.75) is 57.3 Å². The second kappa shape index (κ2) is 6.26. The molecule has 0 unspecified atom stereocenters. The molecule has 4 rings (SSSR count). The first kappa shape index (κ1) is 18.4. The van der Waals surface area contributed by atoms with Crippen LogP contribution < -0.4 is 0 Å². The number of carbonyl (C=O) groups is 1. The van der Waals surface area contributed by atoms with Gasteiger partial charge in [0.1, 0.15) is 5.78 Å². The van der Waals surface area contributed by atoms with Gasteiger partial charge in [0.15, 0.2) is 5.79 Å². The first-order chi connectivity index (χ1) is 12.4. The highest BCUT2D eigenvalue weighted by Gasteiger charge is 2.60. The highest BCUT2D eigenvalue weighted by atomic mass is 16.7. The number of fused-ring (bicyclic) bond motifs is 3. The van der Waals surface area contributed by atoms with E-state index in [2.05, 4.69) is 19.6 Å². The van der Waals surface area contributed by atoms with Gasteiger partial charge in [0, 0.05) is 24.7 Å². The second-order valence-corrected chi connectivity index (χ2v) is 8.87. The van der Waals surface area contributed by atoms with Crippen LogP contribution in [0.5, 0.6) is 0 Å². The minimum absolute atomic E-state index is 0.0976. The monoisotopic (exact) mass is 362 g/mol. The predicted molar refractivity (Wildman–Crippen MR) is 96.2 cm³/mol. The number of rotatable bonds is 3. The van der Waals surface area contributed by atoms with E-state index in [0.29, 0.717) is 32.5 Å². The van der Waals surface area contributed by atoms with E-state index in [1.807, 2.05) is 0 Å². The maximum Gasteiger partial charge on any atom is 0.172 e. The van der Waals surface area contributed by atoms with Crippen LogP contribution in [0.2, 0.25) is 0 Å². The average molecular weight is 362 g/mol. The van der Waals surface area contributed by atoms with E-state index in [1.165, 1.54) is 5.57 Å². The maximum atomic E-state index is 13.3. The Morgan fingerprint density at radius 2 is 2.08 bits per heavy atom. The third-order valence-electron chi connectivity index (χ3n) is 7.53. The van der Waals surface area contributed by atoms with Crippen molar-refractivity contribution >= 4 is 5.78 Å². The largest absolute Gasteiger partial charge is 0.395 e. The topological polar surface area (TPSA) is 76.0 Å². The summed E-state index contributed by atoms with van der Waals surface area (Å²) in [7, 11) is 0. The summed E-state index contributed by atoms with van der Waals surface area (Å²) >= 11 is 0. The Balaban J connectivity index is 1.67. The number of allylic oxidation sites excluding steroid dienone is 2. The fraction of sp³-hybridized carbons (Fsp3) is 0.762. The summed E-state index contributed by atoms with van der Waals surface area (Å²) < 4.78 is 11.8. The van der Waals surface area contributed by atoms with Crippen molar-refractivity contribution in [2.75, 3.05) is 19.8 Å². The molecule has 1 aliphatic heterocycles. The second-order valence-electron chi connectivity index (χ2n) is 8.87. The molecule has 5 nitrogen and oxygen atoms in total. The minimum atomic E-state index is -0.877. The van der Waals surface area contributed by atoms with Gasteiger partial charge in [-0.1, -0.05) is 24.6 Å². The van der Waals surface area contributed by atoms with E-state index in [1.54, 1.807) is 6.08 Å². The van der Waals surface area contributed by atoms with E-state index in [0.717, 1.165) is 19.3 Å². The number of ketones is 1. The van der Waals surface area contributed by atoms with E-state index >= 15 is 0 Å². The van der Waals surface area contributed by atoms with Crippen LogP contribution in [0.3, 0.4) is 0 Å². The molecule has 0 aromatic carbocycles. The van der Waals surface area contributed by atoms with Crippen molar-refractivity contribution in [1.29, 1.82) is 0 Å². The van der Waals surface area contributed by atoms with Crippen molar-refractivity contribution in [3.63, 3.8) is 0 Å². The molecule has 0 aromatic rings. The summed E-state index contributed by atoms with van der Waals surface area (Å²) in [5.41, 5.74) is 0.172. The fourth-order valence-corrected chi connectivity index (χ4v) is 6.13. The van der Waals surface area contributed by atoms with Crippen LogP contribution in [0.25, 0.3) is 0 Å². The molecule has 1 spiro atoms. The van der Waals surface area contributed by atoms with Gasteiger partial charge in [0.05, 0.1) is 31.3 Å². The van der Waals surface area contributed by atoms with Gasteiger partial charge in [-0.05, 0) is 31.1 Å². The van der Waals surface area contributed by atoms with Crippen LogP contribution in [0.1, 0.15) is 45.4 Å². The lowest BCUT2D eigenvalue weighted by Gasteiger charge is -2.57. The molecule has 144 valence electrons. The molecule has 0 bridgehead atoms. The number of aliphatic hydroxyl groups is 2. The van der Waals surface area contributed by atoms with Crippen LogP contribution in [0.4, 0.5) is 0 Å². The lowest BCUT2D eigenvalue weighted by Crippen LogP contribution is -2.59. The minimum Gasteiger partial charge on any atom is -0.395 e. The quantitative estimate of drug-likeness (QED) is 0.754. The molecule has 1 saturated heterocycles. The third-order valence-corrected chi connectivity index (χ3v) is 7.53. The number of hydrogen-bond acceptors (Lipinski definition) is 5. The molecule has 1 heterocycles. The van der Waals surface area contributed by atoms with Gasteiger partial charge in [0.25, 0.3) is 0 Å². The molecule has 0 radical (unpaired) electrons. The highest BCUT2D eigenvalue weighted by Crippen LogP contribution is 2.60. The predicted octanol–water partition coefficient (Wildman–Crippen LogP) is 2.37. The van der Waals surface area contributed by atoms with Crippen molar-refractivity contribution in [2.24, 2.45) is 22.7 Å². The Bertz CT molecular complexity index is 634. The molecule has 2 N–H and O–H groups in total. The van der Waals surface area contributed by atoms with Gasteiger partial charge in [-0.15, -0.1) is 6.58 Å². The molecule has 5 atom stereocenters. The molecule has 26 heavy (non-hydrogen) atoms. The maximum absolute atomic E-state index is 13.3. The van der Waals surface area contributed by atoms with Gasteiger partial charge in [-0.2, -0.15) is 0 Å². The summed E-state index contributed by atoms with van der Waals surface area (Å²) in [5.74, 6) is -0.739. The number of aliphatic hydroxyl groups excluding tert-OH is 2. The van der Waals surface area contributed by atoms with Crippen LogP contribution in [-0.2, 0) is 14.3 Å². The van der Waals surface area contributed by atoms with Crippen LogP contribution in [-0.4, -0.2) is 47.7 Å². The summed E-state index contributed by atoms with van der Waals surface area (Å²) in [5, 5.41) is 21.0. The number of carbonyl (C=O) groups excluding carboxylic acids is 1. The Morgan fingerprint density at radius 1 is 1.35 bits per heavy atom. The number of hydrogen-bond donors (Lipinski definition) is 2. The first-order valence-corrected chi connectivity index (χ1v) is 9.81. The third kappa shape index (κ3) is 2.48. The zero-order chi connectivity index (χ0) is 18.6. The zero-order valence-corrected chi connectivity index (χ0v) is 15.6. The Morgan fingerprint density at radius 3 is 2.73 bits per heavy atom. The molecule has 4 aliphatic rings. The van der Waals surface area contributed by atoms with E-state index in [4.69, 9.17) is 9.47 Å². The summed E-state index contributed by atoms with van der Waals surface area (Å²) in [4.78, 5) is 13.3. The normalized spacial score (nSPS) is 44.3. The van der Waals surface area contributed by atoms with E-state index < -0.39 is 17.3 Å². The molecule has 0 amide bonds. The first-order valence-electron chi connectivity index (χ1n) is 9.81. The summed E-state index contributed by atoms with van der Waals surface area (Å²) in [6.07, 6.45) is 6.99. The van der Waals surface area contributed by atoms with Gasteiger partial charge in [-0.25, -0.2) is 0 Å². The number of ether oxygens (including phenoxy) is 2. The smallest absolute Gasteiger partial charge is 0.172 e.